The standard InChI is InChI=1S/C37H47N3O5/c1-6-37(7-2,32-10-8-9-24(3)39-32)35(41)30-14-13-29(44-5)22-31(30)40-19-16-26(17-20-40)23-45-33-21-28(15-18-38-33)34(27-11-12-27)25(4)36(42)43/h8-10,13-15,18,21-22,25-27,34H,6-7,11-12,16-17,19-20,23H2,1-5H3,(H,42,43)/t25-,34-/m0/s1. The number of hydrogen-bond acceptors (Lipinski definition) is 7. The summed E-state index contributed by atoms with van der Waals surface area (Å²) in [5, 5.41) is 9.66. The van der Waals surface area contributed by atoms with Crippen LogP contribution >= 0.6 is 0 Å². The molecule has 2 aliphatic rings. The Balaban J connectivity index is 1.29. The maximum atomic E-state index is 14.5. The van der Waals surface area contributed by atoms with Crippen molar-refractivity contribution in [3.8, 4) is 11.6 Å². The number of pyridine rings is 2. The highest BCUT2D eigenvalue weighted by molar-refractivity contribution is 6.08. The number of carbonyl (C=O) groups excluding carboxylic acids is 1. The van der Waals surface area contributed by atoms with Gasteiger partial charge in [0.05, 0.1) is 36.4 Å². The minimum absolute atomic E-state index is 0.0169. The summed E-state index contributed by atoms with van der Waals surface area (Å²) < 4.78 is 11.8. The number of carboxylic acid groups (broad SMARTS) is 1. The second-order valence-electron chi connectivity index (χ2n) is 12.8. The van der Waals surface area contributed by atoms with Crippen LogP contribution in [0.2, 0.25) is 0 Å². The fraction of sp³-hybridized carbons (Fsp3) is 0.514. The molecule has 3 aromatic rings. The van der Waals surface area contributed by atoms with Crippen LogP contribution in [0.15, 0.2) is 54.7 Å². The molecule has 8 nitrogen and oxygen atoms in total. The number of carboxylic acids is 1. The Labute approximate surface area is 267 Å². The second kappa shape index (κ2) is 14.0. The third-order valence-electron chi connectivity index (χ3n) is 10.1. The van der Waals surface area contributed by atoms with Gasteiger partial charge in [-0.3, -0.25) is 14.6 Å². The van der Waals surface area contributed by atoms with Crippen LogP contribution < -0.4 is 14.4 Å². The van der Waals surface area contributed by atoms with Gasteiger partial charge in [-0.2, -0.15) is 0 Å². The number of hydrogen-bond donors (Lipinski definition) is 1. The Morgan fingerprint density at radius 3 is 2.40 bits per heavy atom. The minimum atomic E-state index is -0.763. The fourth-order valence-electron chi connectivity index (χ4n) is 7.04. The van der Waals surface area contributed by atoms with E-state index >= 15 is 0 Å². The topological polar surface area (TPSA) is 102 Å². The van der Waals surface area contributed by atoms with Crippen molar-refractivity contribution in [2.45, 2.75) is 77.6 Å². The van der Waals surface area contributed by atoms with E-state index in [0.29, 0.717) is 42.7 Å². The molecule has 240 valence electrons. The molecule has 0 unspecified atom stereocenters. The number of rotatable bonds is 14. The molecule has 2 aromatic heterocycles. The Hall–Kier alpha value is -3.94. The van der Waals surface area contributed by atoms with Gasteiger partial charge in [0.15, 0.2) is 5.78 Å². The molecule has 45 heavy (non-hydrogen) atoms. The molecule has 5 rings (SSSR count). The lowest BCUT2D eigenvalue weighted by atomic mass is 9.72. The van der Waals surface area contributed by atoms with Gasteiger partial charge in [-0.1, -0.05) is 26.8 Å². The van der Waals surface area contributed by atoms with Crippen molar-refractivity contribution in [1.82, 2.24) is 9.97 Å². The van der Waals surface area contributed by atoms with Crippen molar-refractivity contribution in [3.63, 3.8) is 0 Å². The van der Waals surface area contributed by atoms with Crippen molar-refractivity contribution < 1.29 is 24.2 Å². The van der Waals surface area contributed by atoms with E-state index in [1.807, 2.05) is 55.5 Å². The quantitative estimate of drug-likeness (QED) is 0.190. The van der Waals surface area contributed by atoms with Crippen LogP contribution in [0.3, 0.4) is 0 Å². The van der Waals surface area contributed by atoms with Gasteiger partial charge >= 0.3 is 5.97 Å². The van der Waals surface area contributed by atoms with E-state index in [-0.39, 0.29) is 11.7 Å². The first kappa shape index (κ1) is 32.5. The number of methoxy groups -OCH3 is 1. The molecular formula is C37H47N3O5. The number of aliphatic carboxylic acids is 1. The minimum Gasteiger partial charge on any atom is -0.497 e. The van der Waals surface area contributed by atoms with E-state index in [1.54, 1.807) is 20.2 Å². The highest BCUT2D eigenvalue weighted by Gasteiger charge is 2.41. The van der Waals surface area contributed by atoms with Crippen LogP contribution in [0.4, 0.5) is 5.69 Å². The predicted molar refractivity (Wildman–Crippen MR) is 175 cm³/mol. The zero-order valence-corrected chi connectivity index (χ0v) is 27.3. The van der Waals surface area contributed by atoms with Gasteiger partial charge in [0, 0.05) is 42.7 Å². The number of piperidine rings is 1. The molecule has 3 heterocycles. The highest BCUT2D eigenvalue weighted by Crippen LogP contribution is 2.47. The van der Waals surface area contributed by atoms with Gasteiger partial charge in [0.25, 0.3) is 0 Å². The average Bonchev–Trinajstić information content (AvgIpc) is 3.90. The third-order valence-corrected chi connectivity index (χ3v) is 10.1. The van der Waals surface area contributed by atoms with Crippen LogP contribution in [0.5, 0.6) is 11.6 Å². The van der Waals surface area contributed by atoms with Crippen LogP contribution in [0.25, 0.3) is 0 Å². The zero-order valence-electron chi connectivity index (χ0n) is 27.3. The second-order valence-corrected chi connectivity index (χ2v) is 12.8. The number of aromatic nitrogens is 2. The van der Waals surface area contributed by atoms with Gasteiger partial charge in [-0.05, 0) is 99.1 Å². The van der Waals surface area contributed by atoms with E-state index in [2.05, 4.69) is 23.7 Å². The van der Waals surface area contributed by atoms with Crippen LogP contribution in [0, 0.1) is 24.7 Å². The molecule has 0 amide bonds. The molecule has 0 radical (unpaired) electrons. The maximum absolute atomic E-state index is 14.5. The van der Waals surface area contributed by atoms with Crippen molar-refractivity contribution in [2.75, 3.05) is 31.7 Å². The maximum Gasteiger partial charge on any atom is 0.306 e. The zero-order chi connectivity index (χ0) is 32.1. The smallest absolute Gasteiger partial charge is 0.306 e. The lowest BCUT2D eigenvalue weighted by Crippen LogP contribution is -2.39. The number of Topliss-reactive ketones (excluding diaryl/α,β-unsaturated/α-hetero) is 1. The van der Waals surface area contributed by atoms with E-state index in [0.717, 1.165) is 67.2 Å². The third kappa shape index (κ3) is 7.00. The molecule has 2 atom stereocenters. The van der Waals surface area contributed by atoms with Crippen LogP contribution in [0.1, 0.15) is 92.5 Å². The molecule has 2 fully saturated rings. The summed E-state index contributed by atoms with van der Waals surface area (Å²) in [7, 11) is 1.65. The first-order valence-electron chi connectivity index (χ1n) is 16.4. The summed E-state index contributed by atoms with van der Waals surface area (Å²) in [6, 6.07) is 15.6. The lowest BCUT2D eigenvalue weighted by molar-refractivity contribution is -0.142. The predicted octanol–water partition coefficient (Wildman–Crippen LogP) is 7.24. The average molecular weight is 614 g/mol. The number of nitrogens with zero attached hydrogens (tertiary/aromatic N) is 3. The summed E-state index contributed by atoms with van der Waals surface area (Å²) in [5.41, 5.74) is 3.65. The molecule has 1 saturated heterocycles. The molecular weight excluding hydrogens is 566 g/mol. The van der Waals surface area contributed by atoms with Gasteiger partial charge in [-0.25, -0.2) is 4.98 Å². The number of anilines is 1. The fourth-order valence-corrected chi connectivity index (χ4v) is 7.04. The molecule has 1 aliphatic heterocycles. The van der Waals surface area contributed by atoms with Crippen molar-refractivity contribution in [3.05, 3.63) is 77.2 Å². The summed E-state index contributed by atoms with van der Waals surface area (Å²) in [5.74, 6) is 0.913. The Kier molecular flexibility index (Phi) is 10.1. The Morgan fingerprint density at radius 2 is 1.78 bits per heavy atom. The number of ketones is 1. The SMILES string of the molecule is CCC(CC)(C(=O)c1ccc(OC)cc1N1CCC(COc2cc([C@H](C3CC3)[C@H](C)C(=O)O)ccn2)CC1)c1cccc(C)n1. The summed E-state index contributed by atoms with van der Waals surface area (Å²) in [4.78, 5) is 37.8. The molecule has 1 aliphatic carbocycles. The summed E-state index contributed by atoms with van der Waals surface area (Å²) >= 11 is 0. The highest BCUT2D eigenvalue weighted by atomic mass is 16.5. The van der Waals surface area contributed by atoms with Crippen molar-refractivity contribution >= 4 is 17.4 Å². The number of benzene rings is 1. The van der Waals surface area contributed by atoms with Gasteiger partial charge in [0.1, 0.15) is 5.75 Å². The molecule has 0 spiro atoms. The summed E-state index contributed by atoms with van der Waals surface area (Å²) in [6.07, 6.45) is 7.03. The number of carbonyl (C=O) groups is 2. The molecule has 1 N–H and O–H groups in total. The Bertz CT molecular complexity index is 1490. The molecule has 1 saturated carbocycles. The molecule has 8 heteroatoms. The first-order valence-corrected chi connectivity index (χ1v) is 16.4. The summed E-state index contributed by atoms with van der Waals surface area (Å²) in [6.45, 7) is 10.0. The van der Waals surface area contributed by atoms with Crippen LogP contribution in [-0.4, -0.2) is 53.6 Å². The monoisotopic (exact) mass is 613 g/mol. The normalized spacial score (nSPS) is 17.0. The van der Waals surface area contributed by atoms with E-state index < -0.39 is 17.3 Å². The van der Waals surface area contributed by atoms with Gasteiger partial charge in [0.2, 0.25) is 5.88 Å². The van der Waals surface area contributed by atoms with Crippen molar-refractivity contribution in [2.24, 2.45) is 17.8 Å². The van der Waals surface area contributed by atoms with E-state index in [9.17, 15) is 14.7 Å². The van der Waals surface area contributed by atoms with Crippen LogP contribution in [-0.2, 0) is 10.2 Å². The van der Waals surface area contributed by atoms with E-state index in [4.69, 9.17) is 14.5 Å². The van der Waals surface area contributed by atoms with Gasteiger partial charge < -0.3 is 19.5 Å². The molecule has 1 aromatic carbocycles. The largest absolute Gasteiger partial charge is 0.497 e. The number of ether oxygens (including phenoxy) is 2. The Morgan fingerprint density at radius 1 is 1.04 bits per heavy atom. The van der Waals surface area contributed by atoms with Crippen molar-refractivity contribution in [1.29, 1.82) is 0 Å². The van der Waals surface area contributed by atoms with Gasteiger partial charge in [-0.15, -0.1) is 0 Å². The first-order chi connectivity index (χ1) is 21.7. The lowest BCUT2D eigenvalue weighted by Gasteiger charge is -2.36. The number of aryl methyl sites for hydroxylation is 1. The van der Waals surface area contributed by atoms with E-state index in [1.165, 1.54) is 0 Å². The molecule has 0 bridgehead atoms.